The number of carbonyl (C=O) groups is 2. The molecule has 3 aromatic rings. The van der Waals surface area contributed by atoms with Crippen molar-refractivity contribution in [1.82, 2.24) is 9.78 Å². The van der Waals surface area contributed by atoms with Crippen molar-refractivity contribution in [3.63, 3.8) is 0 Å². The maximum atomic E-state index is 13.1. The molecule has 0 bridgehead atoms. The van der Waals surface area contributed by atoms with E-state index < -0.39 is 0 Å². The van der Waals surface area contributed by atoms with Crippen LogP contribution >= 0.6 is 11.8 Å². The van der Waals surface area contributed by atoms with Crippen molar-refractivity contribution in [3.8, 4) is 5.69 Å². The molecule has 2 aliphatic rings. The third-order valence-corrected chi connectivity index (χ3v) is 6.57. The maximum absolute atomic E-state index is 13.1. The monoisotopic (exact) mass is 418 g/mol. The fraction of sp³-hybridized carbons (Fsp3) is 0.261. The predicted octanol–water partition coefficient (Wildman–Crippen LogP) is 3.92. The number of aryl methyl sites for hydroxylation is 1. The molecule has 30 heavy (non-hydrogen) atoms. The number of benzene rings is 2. The Labute approximate surface area is 179 Å². The van der Waals surface area contributed by atoms with Crippen molar-refractivity contribution in [3.05, 3.63) is 71.4 Å². The first-order valence-corrected chi connectivity index (χ1v) is 11.2. The van der Waals surface area contributed by atoms with Crippen LogP contribution in [-0.4, -0.2) is 28.1 Å². The van der Waals surface area contributed by atoms with Gasteiger partial charge in [0.1, 0.15) is 5.82 Å². The number of hydrogen-bond donors (Lipinski definition) is 1. The zero-order valence-electron chi connectivity index (χ0n) is 16.7. The first-order valence-electron chi connectivity index (χ1n) is 10.0. The number of nitrogens with one attached hydrogen (secondary N) is 1. The molecule has 6 nitrogen and oxygen atoms in total. The maximum Gasteiger partial charge on any atom is 0.230 e. The molecule has 1 atom stereocenters. The molecular weight excluding hydrogens is 396 g/mol. The highest BCUT2D eigenvalue weighted by Gasteiger charge is 2.36. The Balaban J connectivity index is 1.39. The highest BCUT2D eigenvalue weighted by atomic mass is 32.2. The van der Waals surface area contributed by atoms with E-state index in [4.69, 9.17) is 5.10 Å². The van der Waals surface area contributed by atoms with Crippen molar-refractivity contribution in [2.45, 2.75) is 24.9 Å². The van der Waals surface area contributed by atoms with Crippen molar-refractivity contribution in [1.29, 1.82) is 0 Å². The lowest BCUT2D eigenvalue weighted by molar-refractivity contribution is -0.122. The number of nitrogens with zero attached hydrogens (tertiary/aromatic N) is 3. The number of para-hydroxylation sites is 1. The van der Waals surface area contributed by atoms with Crippen molar-refractivity contribution < 1.29 is 9.59 Å². The van der Waals surface area contributed by atoms with Gasteiger partial charge in [0, 0.05) is 35.7 Å². The third-order valence-electron chi connectivity index (χ3n) is 5.60. The quantitative estimate of drug-likeness (QED) is 0.697. The van der Waals surface area contributed by atoms with E-state index in [0.717, 1.165) is 45.5 Å². The molecule has 3 heterocycles. The standard InChI is InChI=1S/C23H22N4O2S/c1-15-6-5-9-18(10-15)26-12-16(11-21(26)28)23(29)24-22-19-13-30-14-20(19)25-27(22)17-7-3-2-4-8-17/h2-10,16H,11-14H2,1H3,(H,24,29)/t16-/m0/s1. The van der Waals surface area contributed by atoms with Crippen LogP contribution in [0.3, 0.4) is 0 Å². The molecule has 1 fully saturated rings. The van der Waals surface area contributed by atoms with Crippen LogP contribution in [0.2, 0.25) is 0 Å². The lowest BCUT2D eigenvalue weighted by atomic mass is 10.1. The smallest absolute Gasteiger partial charge is 0.230 e. The summed E-state index contributed by atoms with van der Waals surface area (Å²) in [7, 11) is 0. The number of amides is 2. The molecular formula is C23H22N4O2S. The summed E-state index contributed by atoms with van der Waals surface area (Å²) in [5, 5.41) is 7.84. The summed E-state index contributed by atoms with van der Waals surface area (Å²) in [6.45, 7) is 2.39. The largest absolute Gasteiger partial charge is 0.312 e. The summed E-state index contributed by atoms with van der Waals surface area (Å²) in [6, 6.07) is 17.6. The second-order valence-electron chi connectivity index (χ2n) is 7.75. The van der Waals surface area contributed by atoms with Gasteiger partial charge in [-0.05, 0) is 36.8 Å². The molecule has 1 aromatic heterocycles. The van der Waals surface area contributed by atoms with Gasteiger partial charge >= 0.3 is 0 Å². The summed E-state index contributed by atoms with van der Waals surface area (Å²) in [6.07, 6.45) is 0.218. The summed E-state index contributed by atoms with van der Waals surface area (Å²) in [5.41, 5.74) is 4.95. The molecule has 0 radical (unpaired) electrons. The number of carbonyl (C=O) groups excluding carboxylic acids is 2. The van der Waals surface area contributed by atoms with Crippen LogP contribution in [0.15, 0.2) is 54.6 Å². The Bertz CT molecular complexity index is 1130. The Morgan fingerprint density at radius 3 is 2.70 bits per heavy atom. The minimum absolute atomic E-state index is 0.0156. The van der Waals surface area contributed by atoms with Gasteiger partial charge in [-0.25, -0.2) is 4.68 Å². The number of hydrogen-bond acceptors (Lipinski definition) is 4. The van der Waals surface area contributed by atoms with Crippen LogP contribution in [0.25, 0.3) is 5.69 Å². The van der Waals surface area contributed by atoms with Gasteiger partial charge in [0.05, 0.1) is 17.3 Å². The van der Waals surface area contributed by atoms with Gasteiger partial charge in [-0.15, -0.1) is 0 Å². The van der Waals surface area contributed by atoms with Crippen LogP contribution in [0.5, 0.6) is 0 Å². The molecule has 7 heteroatoms. The SMILES string of the molecule is Cc1cccc(N2C[C@@H](C(=O)Nc3c4c(nn3-c3ccccc3)CSC4)CC2=O)c1. The molecule has 1 saturated heterocycles. The molecule has 152 valence electrons. The first-order chi connectivity index (χ1) is 14.6. The molecule has 1 N–H and O–H groups in total. The minimum Gasteiger partial charge on any atom is -0.312 e. The first kappa shape index (κ1) is 18.9. The normalized spacial score (nSPS) is 18.0. The number of aromatic nitrogens is 2. The number of anilines is 2. The average Bonchev–Trinajstić information content (AvgIpc) is 3.44. The summed E-state index contributed by atoms with van der Waals surface area (Å²) >= 11 is 1.80. The van der Waals surface area contributed by atoms with Gasteiger partial charge in [0.2, 0.25) is 11.8 Å². The Hall–Kier alpha value is -3.06. The third kappa shape index (κ3) is 3.39. The predicted molar refractivity (Wildman–Crippen MR) is 119 cm³/mol. The van der Waals surface area contributed by atoms with Gasteiger partial charge in [-0.2, -0.15) is 16.9 Å². The number of thioether (sulfide) groups is 1. The van der Waals surface area contributed by atoms with Crippen LogP contribution in [0.4, 0.5) is 11.5 Å². The van der Waals surface area contributed by atoms with E-state index >= 15 is 0 Å². The summed E-state index contributed by atoms with van der Waals surface area (Å²) in [4.78, 5) is 27.5. The van der Waals surface area contributed by atoms with Crippen molar-refractivity contribution in [2.24, 2.45) is 5.92 Å². The Kier molecular flexibility index (Phi) is 4.83. The molecule has 0 aliphatic carbocycles. The highest BCUT2D eigenvalue weighted by Crippen LogP contribution is 2.36. The van der Waals surface area contributed by atoms with E-state index in [0.29, 0.717) is 6.54 Å². The van der Waals surface area contributed by atoms with Gasteiger partial charge in [0.15, 0.2) is 0 Å². The van der Waals surface area contributed by atoms with Gasteiger partial charge in [0.25, 0.3) is 0 Å². The zero-order valence-corrected chi connectivity index (χ0v) is 17.5. The fourth-order valence-electron chi connectivity index (χ4n) is 4.04. The fourth-order valence-corrected chi connectivity index (χ4v) is 5.08. The molecule has 5 rings (SSSR count). The lowest BCUT2D eigenvalue weighted by Gasteiger charge is -2.17. The van der Waals surface area contributed by atoms with Crippen molar-refractivity contribution in [2.75, 3.05) is 16.8 Å². The van der Waals surface area contributed by atoms with Crippen LogP contribution < -0.4 is 10.2 Å². The van der Waals surface area contributed by atoms with Gasteiger partial charge in [-0.1, -0.05) is 30.3 Å². The van der Waals surface area contributed by atoms with Gasteiger partial charge < -0.3 is 10.2 Å². The number of rotatable bonds is 4. The molecule has 0 saturated carbocycles. The van der Waals surface area contributed by atoms with Crippen LogP contribution in [0.1, 0.15) is 23.2 Å². The van der Waals surface area contributed by atoms with E-state index in [2.05, 4.69) is 5.32 Å². The average molecular weight is 419 g/mol. The molecule has 2 aromatic carbocycles. The van der Waals surface area contributed by atoms with E-state index in [9.17, 15) is 9.59 Å². The highest BCUT2D eigenvalue weighted by molar-refractivity contribution is 7.98. The second-order valence-corrected chi connectivity index (χ2v) is 8.73. The second kappa shape index (κ2) is 7.65. The lowest BCUT2D eigenvalue weighted by Crippen LogP contribution is -2.29. The van der Waals surface area contributed by atoms with Gasteiger partial charge in [-0.3, -0.25) is 9.59 Å². The Morgan fingerprint density at radius 2 is 1.90 bits per heavy atom. The Morgan fingerprint density at radius 1 is 1.10 bits per heavy atom. The van der Waals surface area contributed by atoms with E-state index in [1.165, 1.54) is 0 Å². The zero-order chi connectivity index (χ0) is 20.7. The van der Waals surface area contributed by atoms with E-state index in [1.807, 2.05) is 66.2 Å². The van der Waals surface area contributed by atoms with E-state index in [-0.39, 0.29) is 24.2 Å². The van der Waals surface area contributed by atoms with Crippen molar-refractivity contribution >= 4 is 35.1 Å². The molecule has 0 spiro atoms. The van der Waals surface area contributed by atoms with Crippen LogP contribution in [-0.2, 0) is 21.1 Å². The summed E-state index contributed by atoms with van der Waals surface area (Å²) < 4.78 is 1.82. The minimum atomic E-state index is -0.387. The van der Waals surface area contributed by atoms with Crippen LogP contribution in [0, 0.1) is 12.8 Å². The topological polar surface area (TPSA) is 67.2 Å². The molecule has 0 unspecified atom stereocenters. The summed E-state index contributed by atoms with van der Waals surface area (Å²) in [5.74, 6) is 1.88. The molecule has 2 aliphatic heterocycles. The van der Waals surface area contributed by atoms with E-state index in [1.54, 1.807) is 16.7 Å². The number of fused-ring (bicyclic) bond motifs is 1. The molecule has 2 amide bonds.